The molecule has 1 unspecified atom stereocenters. The van der Waals surface area contributed by atoms with E-state index in [1.165, 1.54) is 18.2 Å². The topological polar surface area (TPSA) is 109 Å². The number of benzene rings is 2. The molecule has 7 nitrogen and oxygen atoms in total. The molecule has 2 aromatic rings. The summed E-state index contributed by atoms with van der Waals surface area (Å²) in [5.74, 6) is -0.249. The first-order valence-electron chi connectivity index (χ1n) is 7.62. The highest BCUT2D eigenvalue weighted by atomic mass is 16.8. The lowest BCUT2D eigenvalue weighted by atomic mass is 9.99. The average molecular weight is 330 g/mol. The second-order valence-electron chi connectivity index (χ2n) is 5.77. The number of rotatable bonds is 4. The maximum Gasteiger partial charge on any atom is 0.222 e. The summed E-state index contributed by atoms with van der Waals surface area (Å²) in [6.07, 6.45) is 1.30. The largest absolute Gasteiger partial charge is 0.595 e. The van der Waals surface area contributed by atoms with Crippen molar-refractivity contribution in [3.63, 3.8) is 0 Å². The van der Waals surface area contributed by atoms with E-state index in [4.69, 9.17) is 5.21 Å². The van der Waals surface area contributed by atoms with Crippen molar-refractivity contribution in [2.24, 2.45) is 0 Å². The Hall–Kier alpha value is -2.61. The minimum atomic E-state index is -1.09. The molecule has 1 saturated heterocycles. The van der Waals surface area contributed by atoms with Crippen LogP contribution in [0.4, 0.5) is 5.69 Å². The molecule has 0 aromatic heterocycles. The summed E-state index contributed by atoms with van der Waals surface area (Å²) in [5.41, 5.74) is 1.15. The van der Waals surface area contributed by atoms with Gasteiger partial charge in [-0.1, -0.05) is 12.1 Å². The number of phenols is 2. The summed E-state index contributed by atoms with van der Waals surface area (Å²) >= 11 is 0. The molecule has 24 heavy (non-hydrogen) atoms. The van der Waals surface area contributed by atoms with Crippen LogP contribution in [0.25, 0.3) is 11.1 Å². The van der Waals surface area contributed by atoms with Gasteiger partial charge in [-0.3, -0.25) is 4.79 Å². The van der Waals surface area contributed by atoms with Crippen LogP contribution in [0.5, 0.6) is 11.5 Å². The number of carbonyl (C=O) groups excluding carboxylic acids is 1. The molecule has 0 radical (unpaired) electrons. The molecule has 3 rings (SSSR count). The number of amides is 1. The molecule has 0 bridgehead atoms. The van der Waals surface area contributed by atoms with Gasteiger partial charge in [-0.05, 0) is 24.1 Å². The standard InChI is InChI=1S/C17H18N2O5/c20-14-7-6-12(10-18-8-2-5-15(18)21)17(22)16(14)11-3-1-4-13(9-11)19(23)24/h1,3-4,6-7,9,19-20,22-23H,2,5,8,10H2. The number of nitrogens with one attached hydrogen (secondary N) is 1. The molecule has 2 aromatic carbocycles. The molecule has 1 fully saturated rings. The first-order chi connectivity index (χ1) is 11.5. The molecular weight excluding hydrogens is 312 g/mol. The lowest BCUT2D eigenvalue weighted by Gasteiger charge is -2.19. The van der Waals surface area contributed by atoms with Crippen LogP contribution >= 0.6 is 0 Å². The molecule has 0 spiro atoms. The zero-order valence-electron chi connectivity index (χ0n) is 12.9. The number of hydrogen-bond donors (Lipinski definition) is 4. The van der Waals surface area contributed by atoms with Crippen LogP contribution < -0.4 is 5.23 Å². The van der Waals surface area contributed by atoms with Crippen LogP contribution in [0.15, 0.2) is 36.4 Å². The van der Waals surface area contributed by atoms with Gasteiger partial charge in [0.2, 0.25) is 5.91 Å². The number of likely N-dealkylation sites (tertiary alicyclic amines) is 1. The summed E-state index contributed by atoms with van der Waals surface area (Å²) in [4.78, 5) is 13.4. The van der Waals surface area contributed by atoms with E-state index < -0.39 is 5.23 Å². The molecule has 1 aliphatic rings. The lowest BCUT2D eigenvalue weighted by molar-refractivity contribution is -0.991. The van der Waals surface area contributed by atoms with E-state index in [-0.39, 0.29) is 35.2 Å². The third-order valence-corrected chi connectivity index (χ3v) is 4.17. The van der Waals surface area contributed by atoms with Gasteiger partial charge in [-0.25, -0.2) is 5.21 Å². The fourth-order valence-corrected chi connectivity index (χ4v) is 2.92. The molecule has 1 atom stereocenters. The highest BCUT2D eigenvalue weighted by molar-refractivity contribution is 5.80. The molecular formula is C17H18N2O5. The summed E-state index contributed by atoms with van der Waals surface area (Å²) < 4.78 is 0. The summed E-state index contributed by atoms with van der Waals surface area (Å²) in [6.45, 7) is 0.902. The smallest absolute Gasteiger partial charge is 0.222 e. The summed E-state index contributed by atoms with van der Waals surface area (Å²) in [6, 6.07) is 9.01. The lowest BCUT2D eigenvalue weighted by Crippen LogP contribution is -2.99. The Kier molecular flexibility index (Phi) is 4.39. The minimum Gasteiger partial charge on any atom is -0.595 e. The van der Waals surface area contributed by atoms with Gasteiger partial charge in [0.15, 0.2) is 5.69 Å². The predicted octanol–water partition coefficient (Wildman–Crippen LogP) is 1.29. The van der Waals surface area contributed by atoms with Crippen LogP contribution in [0.3, 0.4) is 0 Å². The van der Waals surface area contributed by atoms with Crippen molar-refractivity contribution >= 4 is 11.6 Å². The third kappa shape index (κ3) is 3.05. The van der Waals surface area contributed by atoms with Gasteiger partial charge >= 0.3 is 0 Å². The number of aromatic hydroxyl groups is 2. The van der Waals surface area contributed by atoms with E-state index >= 15 is 0 Å². The van der Waals surface area contributed by atoms with Crippen LogP contribution in [0.2, 0.25) is 0 Å². The molecule has 4 N–H and O–H groups in total. The van der Waals surface area contributed by atoms with Gasteiger partial charge in [-0.2, -0.15) is 5.23 Å². The minimum absolute atomic E-state index is 0.0388. The first-order valence-corrected chi connectivity index (χ1v) is 7.62. The molecule has 7 heteroatoms. The van der Waals surface area contributed by atoms with Gasteiger partial charge in [0.1, 0.15) is 11.5 Å². The number of quaternary nitrogens is 1. The van der Waals surface area contributed by atoms with E-state index in [1.807, 2.05) is 0 Å². The Morgan fingerprint density at radius 1 is 1.21 bits per heavy atom. The molecule has 1 heterocycles. The van der Waals surface area contributed by atoms with Gasteiger partial charge in [-0.15, -0.1) is 0 Å². The van der Waals surface area contributed by atoms with Gasteiger partial charge < -0.3 is 20.3 Å². The fraction of sp³-hybridized carbons (Fsp3) is 0.235. The Morgan fingerprint density at radius 2 is 2.00 bits per heavy atom. The molecule has 126 valence electrons. The van der Waals surface area contributed by atoms with E-state index in [0.29, 0.717) is 24.1 Å². The average Bonchev–Trinajstić information content (AvgIpc) is 2.95. The maximum atomic E-state index is 11.8. The van der Waals surface area contributed by atoms with E-state index in [9.17, 15) is 20.2 Å². The zero-order chi connectivity index (χ0) is 17.3. The highest BCUT2D eigenvalue weighted by Gasteiger charge is 2.23. The number of carbonyl (C=O) groups is 1. The molecule has 0 saturated carbocycles. The van der Waals surface area contributed by atoms with Crippen LogP contribution in [-0.4, -0.2) is 32.8 Å². The SMILES string of the molecule is O=C1CCCN1Cc1ccc(O)c(-c2cccc([NH+]([O-])O)c2)c1O. The second kappa shape index (κ2) is 6.48. The normalized spacial score (nSPS) is 15.8. The first kappa shape index (κ1) is 16.3. The third-order valence-electron chi connectivity index (χ3n) is 4.17. The highest BCUT2D eigenvalue weighted by Crippen LogP contribution is 2.40. The fourth-order valence-electron chi connectivity index (χ4n) is 2.92. The Morgan fingerprint density at radius 3 is 2.67 bits per heavy atom. The van der Waals surface area contributed by atoms with Crippen molar-refractivity contribution in [1.82, 2.24) is 4.90 Å². The molecule has 1 aliphatic heterocycles. The van der Waals surface area contributed by atoms with E-state index in [2.05, 4.69) is 0 Å². The molecule has 0 aliphatic carbocycles. The van der Waals surface area contributed by atoms with Gasteiger partial charge in [0.05, 0.1) is 5.56 Å². The number of phenolic OH excluding ortho intramolecular Hbond substituents is 2. The van der Waals surface area contributed by atoms with Crippen LogP contribution in [0.1, 0.15) is 18.4 Å². The maximum absolute atomic E-state index is 11.8. The van der Waals surface area contributed by atoms with Crippen LogP contribution in [0, 0.1) is 5.21 Å². The van der Waals surface area contributed by atoms with Gasteiger partial charge in [0.25, 0.3) is 0 Å². The molecule has 1 amide bonds. The number of hydrogen-bond acceptors (Lipinski definition) is 5. The Balaban J connectivity index is 2.00. The van der Waals surface area contributed by atoms with Crippen LogP contribution in [-0.2, 0) is 11.3 Å². The van der Waals surface area contributed by atoms with E-state index in [0.717, 1.165) is 6.42 Å². The second-order valence-corrected chi connectivity index (χ2v) is 5.77. The monoisotopic (exact) mass is 330 g/mol. The Bertz CT molecular complexity index is 776. The summed E-state index contributed by atoms with van der Waals surface area (Å²) in [5, 5.41) is 39.8. The van der Waals surface area contributed by atoms with Crippen molar-refractivity contribution in [2.75, 3.05) is 6.54 Å². The van der Waals surface area contributed by atoms with Crippen molar-refractivity contribution in [3.05, 3.63) is 47.2 Å². The quantitative estimate of drug-likeness (QED) is 0.632. The van der Waals surface area contributed by atoms with Crippen molar-refractivity contribution in [2.45, 2.75) is 19.4 Å². The van der Waals surface area contributed by atoms with Crippen molar-refractivity contribution < 1.29 is 25.4 Å². The summed E-state index contributed by atoms with van der Waals surface area (Å²) in [7, 11) is 0. The predicted molar refractivity (Wildman–Crippen MR) is 85.6 cm³/mol. The van der Waals surface area contributed by atoms with Crippen molar-refractivity contribution in [1.29, 1.82) is 0 Å². The Labute approximate surface area is 138 Å². The number of nitrogens with zero attached hydrogens (tertiary/aromatic N) is 1. The van der Waals surface area contributed by atoms with Crippen molar-refractivity contribution in [3.8, 4) is 22.6 Å². The van der Waals surface area contributed by atoms with Gasteiger partial charge in [0, 0.05) is 37.2 Å². The zero-order valence-corrected chi connectivity index (χ0v) is 12.9. The van der Waals surface area contributed by atoms with E-state index in [1.54, 1.807) is 23.1 Å².